The van der Waals surface area contributed by atoms with E-state index >= 15 is 0 Å². The third kappa shape index (κ3) is 12.6. The lowest BCUT2D eigenvalue weighted by atomic mass is 10.1. The van der Waals surface area contributed by atoms with E-state index in [2.05, 4.69) is 57.8 Å². The molecule has 2 N–H and O–H groups in total. The first kappa shape index (κ1) is 48.0. The number of anilines is 2. The first-order valence-corrected chi connectivity index (χ1v) is 23.5. The molecule has 2 aromatic heterocycles. The molecule has 2 fully saturated rings. The minimum Gasteiger partial charge on any atom is -0.465 e. The fraction of sp³-hybridized carbons (Fsp3) is 0.408. The summed E-state index contributed by atoms with van der Waals surface area (Å²) in [5.41, 5.74) is 4.65. The molecule has 6 aromatic rings. The number of methoxy groups -OCH3 is 2. The van der Waals surface area contributed by atoms with E-state index in [-0.39, 0.29) is 23.7 Å². The van der Waals surface area contributed by atoms with Gasteiger partial charge in [-0.15, -0.1) is 22.7 Å². The van der Waals surface area contributed by atoms with Gasteiger partial charge in [-0.05, 0) is 106 Å². The topological polar surface area (TPSA) is 126 Å². The van der Waals surface area contributed by atoms with E-state index in [1.807, 2.05) is 41.3 Å². The van der Waals surface area contributed by atoms with Crippen LogP contribution in [0.25, 0.3) is 20.4 Å². The second-order valence-corrected chi connectivity index (χ2v) is 18.5. The molecule has 0 unspecified atom stereocenters. The number of urea groups is 1. The van der Waals surface area contributed by atoms with E-state index in [1.165, 1.54) is 58.7 Å². The quantitative estimate of drug-likeness (QED) is 0.129. The van der Waals surface area contributed by atoms with Gasteiger partial charge in [-0.2, -0.15) is 0 Å². The molecule has 0 atom stereocenters. The molecule has 64 heavy (non-hydrogen) atoms. The lowest BCUT2D eigenvalue weighted by Gasteiger charge is -2.33. The molecule has 0 bridgehead atoms. The minimum atomic E-state index is -0.599. The van der Waals surface area contributed by atoms with E-state index in [9.17, 15) is 23.2 Å². The van der Waals surface area contributed by atoms with Crippen molar-refractivity contribution >= 4 is 72.5 Å². The Labute approximate surface area is 382 Å². The lowest BCUT2D eigenvalue weighted by molar-refractivity contribution is 0.0591. The lowest BCUT2D eigenvalue weighted by Crippen LogP contribution is -2.45. The number of amides is 2. The van der Waals surface area contributed by atoms with Gasteiger partial charge < -0.3 is 25.0 Å². The predicted molar refractivity (Wildman–Crippen MR) is 254 cm³/mol. The highest BCUT2D eigenvalue weighted by Gasteiger charge is 2.26. The van der Waals surface area contributed by atoms with Crippen molar-refractivity contribution in [3.05, 3.63) is 117 Å². The summed E-state index contributed by atoms with van der Waals surface area (Å²) in [7, 11) is 2.53. The normalized spacial score (nSPS) is 13.8. The van der Waals surface area contributed by atoms with Gasteiger partial charge in [-0.1, -0.05) is 46.2 Å². The van der Waals surface area contributed by atoms with Gasteiger partial charge in [0.05, 0.1) is 62.3 Å². The van der Waals surface area contributed by atoms with Crippen molar-refractivity contribution in [3.8, 4) is 0 Å². The van der Waals surface area contributed by atoms with Gasteiger partial charge in [0, 0.05) is 54.0 Å². The summed E-state index contributed by atoms with van der Waals surface area (Å²) in [5.74, 6) is -1.41. The van der Waals surface area contributed by atoms with Crippen LogP contribution in [0.4, 0.5) is 25.0 Å². The number of ether oxygens (including phenoxy) is 2. The number of piperidine rings is 2. The molecule has 2 saturated heterocycles. The average molecular weight is 913 g/mol. The van der Waals surface area contributed by atoms with Crippen LogP contribution in [0.2, 0.25) is 0 Å². The molecular weight excluding hydrogens is 855 g/mol. The number of nitrogens with zero attached hydrogens (tertiary/aromatic N) is 4. The Kier molecular flexibility index (Phi) is 17.2. The highest BCUT2D eigenvalue weighted by molar-refractivity contribution is 7.19. The Morgan fingerprint density at radius 3 is 1.73 bits per heavy atom. The zero-order valence-corrected chi connectivity index (χ0v) is 39.1. The number of likely N-dealkylation sites (tertiary alicyclic amines) is 1. The molecule has 340 valence electrons. The molecule has 4 heterocycles. The van der Waals surface area contributed by atoms with Crippen LogP contribution >= 0.6 is 22.7 Å². The SMILES string of the molecule is C1CCNCC1.COC(=O)c1ccc(CN(C(=O)N2CCCCC2)c2ccc3nc(C(C)C)sc3c2)c(F)c1.COC(=O)c1ccc(CNc2ccc3nc(C(C)C)sc3c2)c(F)c1. The minimum absolute atomic E-state index is 0.0595. The second kappa shape index (κ2) is 22.9. The van der Waals surface area contributed by atoms with E-state index < -0.39 is 23.6 Å². The first-order valence-electron chi connectivity index (χ1n) is 21.9. The standard InChI is InChI=1S/C25H28FN3O3S.C19H19FN2O2S.C5H11N/c1-16(2)23-27-21-10-9-19(14-22(21)33-23)29(25(31)28-11-5-4-6-12-28)15-18-8-7-17(13-20(18)26)24(30)32-3;1-11(2)18-22-16-7-6-14(9-17(16)25-18)21-10-13-5-4-12(8-15(13)20)19(23)24-3;1-2-4-6-5-3-1/h7-10,13-14,16H,4-6,11-12,15H2,1-3H3;4-9,11,21H,10H2,1-3H3;6H,1-5H2. The van der Waals surface area contributed by atoms with Crippen LogP contribution in [0.1, 0.15) is 120 Å². The number of benzene rings is 4. The van der Waals surface area contributed by atoms with Crippen molar-refractivity contribution < 1.29 is 32.6 Å². The van der Waals surface area contributed by atoms with Crippen molar-refractivity contribution in [1.29, 1.82) is 0 Å². The number of fused-ring (bicyclic) bond motifs is 2. The highest BCUT2D eigenvalue weighted by atomic mass is 32.1. The summed E-state index contributed by atoms with van der Waals surface area (Å²) < 4.78 is 40.4. The molecule has 0 saturated carbocycles. The van der Waals surface area contributed by atoms with Gasteiger partial charge in [0.2, 0.25) is 0 Å². The molecule has 4 aromatic carbocycles. The number of rotatable bonds is 10. The van der Waals surface area contributed by atoms with E-state index in [0.29, 0.717) is 48.3 Å². The summed E-state index contributed by atoms with van der Waals surface area (Å²) in [5, 5.41) is 8.65. The van der Waals surface area contributed by atoms with Crippen molar-refractivity contribution in [1.82, 2.24) is 20.2 Å². The van der Waals surface area contributed by atoms with Crippen LogP contribution in [0.5, 0.6) is 0 Å². The average Bonchev–Trinajstić information content (AvgIpc) is 3.96. The fourth-order valence-corrected chi connectivity index (χ4v) is 9.21. The highest BCUT2D eigenvalue weighted by Crippen LogP contribution is 2.33. The van der Waals surface area contributed by atoms with Gasteiger partial charge in [0.15, 0.2) is 0 Å². The molecule has 15 heteroatoms. The summed E-state index contributed by atoms with van der Waals surface area (Å²) in [4.78, 5) is 49.4. The van der Waals surface area contributed by atoms with Gasteiger partial charge in [-0.3, -0.25) is 4.90 Å². The Bertz CT molecular complexity index is 2520. The maximum Gasteiger partial charge on any atom is 0.337 e. The van der Waals surface area contributed by atoms with Crippen molar-refractivity contribution in [2.24, 2.45) is 0 Å². The van der Waals surface area contributed by atoms with Crippen LogP contribution < -0.4 is 15.5 Å². The number of aromatic nitrogens is 2. The van der Waals surface area contributed by atoms with E-state index in [1.54, 1.807) is 45.8 Å². The number of nitrogens with one attached hydrogen (secondary N) is 2. The van der Waals surface area contributed by atoms with Gasteiger partial charge in [0.1, 0.15) is 11.6 Å². The largest absolute Gasteiger partial charge is 0.465 e. The number of esters is 2. The maximum atomic E-state index is 14.9. The molecule has 0 aliphatic carbocycles. The Balaban J connectivity index is 0.000000193. The van der Waals surface area contributed by atoms with Crippen molar-refractivity contribution in [3.63, 3.8) is 0 Å². The molecule has 2 aliphatic heterocycles. The Morgan fingerprint density at radius 1 is 0.703 bits per heavy atom. The van der Waals surface area contributed by atoms with Crippen LogP contribution in [0.15, 0.2) is 72.8 Å². The van der Waals surface area contributed by atoms with Gasteiger partial charge in [0.25, 0.3) is 0 Å². The number of hydrogen-bond acceptors (Lipinski definition) is 11. The molecule has 8 rings (SSSR count). The van der Waals surface area contributed by atoms with Crippen LogP contribution in [-0.2, 0) is 22.6 Å². The zero-order valence-electron chi connectivity index (χ0n) is 37.5. The van der Waals surface area contributed by atoms with Gasteiger partial charge in [-0.25, -0.2) is 33.1 Å². The third-order valence-electron chi connectivity index (χ3n) is 10.9. The Hall–Kier alpha value is -5.51. The summed E-state index contributed by atoms with van der Waals surface area (Å²) in [6, 6.07) is 20.1. The molecular formula is C49H58F2N6O5S2. The molecule has 2 amide bonds. The maximum absolute atomic E-state index is 14.9. The van der Waals surface area contributed by atoms with E-state index in [4.69, 9.17) is 0 Å². The molecule has 11 nitrogen and oxygen atoms in total. The molecule has 0 spiro atoms. The molecule has 2 aliphatic rings. The van der Waals surface area contributed by atoms with Crippen molar-refractivity contribution in [2.45, 2.75) is 91.1 Å². The third-order valence-corrected chi connectivity index (χ3v) is 13.6. The van der Waals surface area contributed by atoms with Crippen molar-refractivity contribution in [2.75, 3.05) is 50.6 Å². The number of carbonyl (C=O) groups excluding carboxylic acids is 3. The molecule has 0 radical (unpaired) electrons. The second-order valence-electron chi connectivity index (χ2n) is 16.4. The first-order chi connectivity index (χ1) is 30.8. The fourth-order valence-electron chi connectivity index (χ4n) is 7.20. The summed E-state index contributed by atoms with van der Waals surface area (Å²) in [6.45, 7) is 12.7. The summed E-state index contributed by atoms with van der Waals surface area (Å²) in [6.07, 6.45) is 7.26. The zero-order chi connectivity index (χ0) is 45.8. The number of hydrogen-bond donors (Lipinski definition) is 2. The monoisotopic (exact) mass is 912 g/mol. The van der Waals surface area contributed by atoms with E-state index in [0.717, 1.165) is 61.5 Å². The number of carbonyl (C=O) groups is 3. The van der Waals surface area contributed by atoms with Crippen LogP contribution in [0, 0.1) is 11.6 Å². The Morgan fingerprint density at radius 2 is 1.23 bits per heavy atom. The number of thiazole rings is 2. The number of halogens is 2. The predicted octanol–water partition coefficient (Wildman–Crippen LogP) is 11.7. The van der Waals surface area contributed by atoms with Gasteiger partial charge >= 0.3 is 18.0 Å². The summed E-state index contributed by atoms with van der Waals surface area (Å²) >= 11 is 3.29. The van der Waals surface area contributed by atoms with Crippen LogP contribution in [-0.4, -0.2) is 73.2 Å². The smallest absolute Gasteiger partial charge is 0.337 e. The van der Waals surface area contributed by atoms with Crippen LogP contribution in [0.3, 0.4) is 0 Å².